The fourth-order valence-corrected chi connectivity index (χ4v) is 2.40. The molecule has 1 unspecified atom stereocenters. The molecule has 21 heavy (non-hydrogen) atoms. The van der Waals surface area contributed by atoms with Crippen LogP contribution < -0.4 is 15.4 Å². The Bertz CT molecular complexity index is 454. The van der Waals surface area contributed by atoms with Gasteiger partial charge in [0.15, 0.2) is 0 Å². The van der Waals surface area contributed by atoms with Gasteiger partial charge < -0.3 is 15.4 Å². The lowest BCUT2D eigenvalue weighted by Gasteiger charge is -2.22. The van der Waals surface area contributed by atoms with Crippen LogP contribution in [0.15, 0.2) is 24.3 Å². The molecule has 1 aliphatic rings. The van der Waals surface area contributed by atoms with Crippen LogP contribution in [-0.2, 0) is 11.3 Å². The standard InChI is InChI=1S/C17H26N2O2/c1-13(2)12-21-15-7-5-6-14(10-15)11-19-17(20)16-8-3-4-9-18-16/h5-7,10,13,16,18H,3-4,8-9,11-12H2,1-2H3,(H,19,20). The first-order valence-corrected chi connectivity index (χ1v) is 7.88. The van der Waals surface area contributed by atoms with E-state index in [1.807, 2.05) is 24.3 Å². The first-order valence-electron chi connectivity index (χ1n) is 7.88. The van der Waals surface area contributed by atoms with Crippen molar-refractivity contribution >= 4 is 5.91 Å². The van der Waals surface area contributed by atoms with E-state index in [2.05, 4.69) is 24.5 Å². The predicted octanol–water partition coefficient (Wildman–Crippen LogP) is 2.48. The molecular weight excluding hydrogens is 264 g/mol. The number of hydrogen-bond donors (Lipinski definition) is 2. The van der Waals surface area contributed by atoms with Gasteiger partial charge in [0.2, 0.25) is 5.91 Å². The zero-order chi connectivity index (χ0) is 15.1. The summed E-state index contributed by atoms with van der Waals surface area (Å²) in [6.45, 7) is 6.46. The van der Waals surface area contributed by atoms with Crippen molar-refractivity contribution in [1.29, 1.82) is 0 Å². The Hall–Kier alpha value is -1.55. The molecule has 116 valence electrons. The van der Waals surface area contributed by atoms with Crippen LogP contribution in [0.2, 0.25) is 0 Å². The predicted molar refractivity (Wildman–Crippen MR) is 84.3 cm³/mol. The van der Waals surface area contributed by atoms with Gasteiger partial charge in [-0.2, -0.15) is 0 Å². The molecule has 1 heterocycles. The van der Waals surface area contributed by atoms with E-state index in [1.54, 1.807) is 0 Å². The zero-order valence-electron chi connectivity index (χ0n) is 13.0. The number of piperidine rings is 1. The molecule has 0 bridgehead atoms. The van der Waals surface area contributed by atoms with Crippen LogP contribution in [0.25, 0.3) is 0 Å². The van der Waals surface area contributed by atoms with Crippen LogP contribution in [0.1, 0.15) is 38.7 Å². The second kappa shape index (κ2) is 8.03. The van der Waals surface area contributed by atoms with E-state index in [0.29, 0.717) is 19.1 Å². The summed E-state index contributed by atoms with van der Waals surface area (Å²) in [5.41, 5.74) is 1.07. The molecule has 1 aromatic rings. The minimum atomic E-state index is -0.0286. The van der Waals surface area contributed by atoms with Gasteiger partial charge >= 0.3 is 0 Å². The van der Waals surface area contributed by atoms with Crippen LogP contribution >= 0.6 is 0 Å². The first kappa shape index (κ1) is 15.8. The molecule has 1 aliphatic heterocycles. The molecule has 4 heteroatoms. The molecule has 1 saturated heterocycles. The Morgan fingerprint density at radius 1 is 1.43 bits per heavy atom. The fraction of sp³-hybridized carbons (Fsp3) is 0.588. The third-order valence-electron chi connectivity index (χ3n) is 3.58. The van der Waals surface area contributed by atoms with Crippen molar-refractivity contribution in [1.82, 2.24) is 10.6 Å². The topological polar surface area (TPSA) is 50.4 Å². The van der Waals surface area contributed by atoms with Gasteiger partial charge in [-0.1, -0.05) is 32.4 Å². The molecule has 0 aliphatic carbocycles. The van der Waals surface area contributed by atoms with Gasteiger partial charge in [0, 0.05) is 6.54 Å². The second-order valence-electron chi connectivity index (χ2n) is 6.07. The molecule has 0 spiro atoms. The van der Waals surface area contributed by atoms with Gasteiger partial charge in [0.1, 0.15) is 5.75 Å². The molecule has 0 aromatic heterocycles. The van der Waals surface area contributed by atoms with E-state index in [9.17, 15) is 4.79 Å². The molecule has 4 nitrogen and oxygen atoms in total. The number of carbonyl (C=O) groups excluding carboxylic acids is 1. The van der Waals surface area contributed by atoms with E-state index in [1.165, 1.54) is 6.42 Å². The normalized spacial score (nSPS) is 18.5. The quantitative estimate of drug-likeness (QED) is 0.846. The van der Waals surface area contributed by atoms with Crippen molar-refractivity contribution in [2.75, 3.05) is 13.2 Å². The molecule has 0 radical (unpaired) electrons. The number of nitrogens with one attached hydrogen (secondary N) is 2. The number of carbonyl (C=O) groups is 1. The third-order valence-corrected chi connectivity index (χ3v) is 3.58. The minimum Gasteiger partial charge on any atom is -0.493 e. The summed E-state index contributed by atoms with van der Waals surface area (Å²) >= 11 is 0. The SMILES string of the molecule is CC(C)COc1cccc(CNC(=O)C2CCCCN2)c1. The minimum absolute atomic E-state index is 0.0286. The average Bonchev–Trinajstić information content (AvgIpc) is 2.52. The van der Waals surface area contributed by atoms with Gasteiger partial charge in [-0.3, -0.25) is 4.79 Å². The molecule has 1 atom stereocenters. The van der Waals surface area contributed by atoms with Crippen LogP contribution in [0.3, 0.4) is 0 Å². The van der Waals surface area contributed by atoms with E-state index in [4.69, 9.17) is 4.74 Å². The Kier molecular flexibility index (Phi) is 6.05. The highest BCUT2D eigenvalue weighted by atomic mass is 16.5. The van der Waals surface area contributed by atoms with E-state index >= 15 is 0 Å². The number of benzene rings is 1. The number of hydrogen-bond acceptors (Lipinski definition) is 3. The maximum Gasteiger partial charge on any atom is 0.237 e. The van der Waals surface area contributed by atoms with Crippen LogP contribution in [0, 0.1) is 5.92 Å². The Morgan fingerprint density at radius 2 is 2.29 bits per heavy atom. The zero-order valence-corrected chi connectivity index (χ0v) is 13.0. The van der Waals surface area contributed by atoms with E-state index in [-0.39, 0.29) is 11.9 Å². The summed E-state index contributed by atoms with van der Waals surface area (Å²) in [7, 11) is 0. The largest absolute Gasteiger partial charge is 0.493 e. The van der Waals surface area contributed by atoms with Crippen molar-refractivity contribution in [2.45, 2.75) is 45.7 Å². The van der Waals surface area contributed by atoms with E-state index < -0.39 is 0 Å². The summed E-state index contributed by atoms with van der Waals surface area (Å²) < 4.78 is 5.71. The Labute approximate surface area is 127 Å². The maximum atomic E-state index is 12.1. The number of amides is 1. The number of rotatable bonds is 6. The highest BCUT2D eigenvalue weighted by Crippen LogP contribution is 2.14. The smallest absolute Gasteiger partial charge is 0.237 e. The summed E-state index contributed by atoms with van der Waals surface area (Å²) in [5.74, 6) is 1.47. The summed E-state index contributed by atoms with van der Waals surface area (Å²) in [4.78, 5) is 12.1. The molecule has 0 saturated carbocycles. The lowest BCUT2D eigenvalue weighted by molar-refractivity contribution is -0.123. The second-order valence-corrected chi connectivity index (χ2v) is 6.07. The summed E-state index contributed by atoms with van der Waals surface area (Å²) in [6, 6.07) is 7.90. The van der Waals surface area contributed by atoms with Crippen molar-refractivity contribution < 1.29 is 9.53 Å². The average molecular weight is 290 g/mol. The highest BCUT2D eigenvalue weighted by molar-refractivity contribution is 5.81. The summed E-state index contributed by atoms with van der Waals surface area (Å²) in [6.07, 6.45) is 3.23. The maximum absolute atomic E-state index is 12.1. The van der Waals surface area contributed by atoms with Crippen LogP contribution in [0.4, 0.5) is 0 Å². The number of ether oxygens (including phenoxy) is 1. The molecule has 2 N–H and O–H groups in total. The summed E-state index contributed by atoms with van der Waals surface area (Å²) in [5, 5.41) is 6.27. The van der Waals surface area contributed by atoms with Gasteiger partial charge in [0.25, 0.3) is 0 Å². The van der Waals surface area contributed by atoms with Crippen molar-refractivity contribution in [2.24, 2.45) is 5.92 Å². The highest BCUT2D eigenvalue weighted by Gasteiger charge is 2.19. The molecule has 2 rings (SSSR count). The van der Waals surface area contributed by atoms with Crippen LogP contribution in [0.5, 0.6) is 5.75 Å². The Morgan fingerprint density at radius 3 is 3.00 bits per heavy atom. The van der Waals surface area contributed by atoms with Crippen molar-refractivity contribution in [3.05, 3.63) is 29.8 Å². The first-order chi connectivity index (χ1) is 10.1. The lowest BCUT2D eigenvalue weighted by atomic mass is 10.0. The van der Waals surface area contributed by atoms with Gasteiger partial charge in [-0.15, -0.1) is 0 Å². The Balaban J connectivity index is 1.82. The molecule has 1 fully saturated rings. The van der Waals surface area contributed by atoms with Crippen molar-refractivity contribution in [3.8, 4) is 5.75 Å². The van der Waals surface area contributed by atoms with Gasteiger partial charge in [0.05, 0.1) is 12.6 Å². The third kappa shape index (κ3) is 5.38. The van der Waals surface area contributed by atoms with Crippen molar-refractivity contribution in [3.63, 3.8) is 0 Å². The molecular formula is C17H26N2O2. The molecule has 1 aromatic carbocycles. The molecule has 1 amide bonds. The van der Waals surface area contributed by atoms with E-state index in [0.717, 1.165) is 30.7 Å². The fourth-order valence-electron chi connectivity index (χ4n) is 2.40. The van der Waals surface area contributed by atoms with Crippen LogP contribution in [-0.4, -0.2) is 25.1 Å². The van der Waals surface area contributed by atoms with Gasteiger partial charge in [-0.25, -0.2) is 0 Å². The monoisotopic (exact) mass is 290 g/mol. The lowest BCUT2D eigenvalue weighted by Crippen LogP contribution is -2.46. The van der Waals surface area contributed by atoms with Gasteiger partial charge in [-0.05, 0) is 43.0 Å².